The van der Waals surface area contributed by atoms with Crippen molar-refractivity contribution in [3.63, 3.8) is 0 Å². The van der Waals surface area contributed by atoms with E-state index in [9.17, 15) is 4.79 Å². The molecule has 2 heterocycles. The molecule has 0 aliphatic carbocycles. The lowest BCUT2D eigenvalue weighted by molar-refractivity contribution is 0.0525. The molecule has 0 atom stereocenters. The van der Waals surface area contributed by atoms with Gasteiger partial charge in [0.1, 0.15) is 5.84 Å². The Morgan fingerprint density at radius 1 is 1.19 bits per heavy atom. The van der Waals surface area contributed by atoms with Gasteiger partial charge in [-0.15, -0.1) is 0 Å². The second kappa shape index (κ2) is 8.44. The van der Waals surface area contributed by atoms with E-state index in [0.717, 1.165) is 30.2 Å². The summed E-state index contributed by atoms with van der Waals surface area (Å²) in [5.74, 6) is 1.05. The molecule has 7 nitrogen and oxygen atoms in total. The van der Waals surface area contributed by atoms with Crippen LogP contribution in [0.25, 0.3) is 5.70 Å². The predicted molar refractivity (Wildman–Crippen MR) is 106 cm³/mol. The van der Waals surface area contributed by atoms with Gasteiger partial charge < -0.3 is 14.5 Å². The first kappa shape index (κ1) is 18.6. The first-order valence-electron chi connectivity index (χ1n) is 8.85. The zero-order valence-electron chi connectivity index (χ0n) is 15.6. The molecule has 0 amide bonds. The molecule has 1 aliphatic rings. The van der Waals surface area contributed by atoms with E-state index in [1.165, 1.54) is 12.4 Å². The average Bonchev–Trinajstić information content (AvgIpc) is 2.73. The van der Waals surface area contributed by atoms with E-state index < -0.39 is 5.97 Å². The third-order valence-electron chi connectivity index (χ3n) is 4.36. The second-order valence-electron chi connectivity index (χ2n) is 6.02. The highest BCUT2D eigenvalue weighted by molar-refractivity contribution is 5.94. The predicted octanol–water partition coefficient (Wildman–Crippen LogP) is 2.47. The molecule has 0 N–H and O–H groups in total. The number of aromatic nitrogens is 2. The Morgan fingerprint density at radius 2 is 1.89 bits per heavy atom. The number of hydrogen-bond acceptors (Lipinski definition) is 6. The van der Waals surface area contributed by atoms with Crippen LogP contribution in [-0.2, 0) is 4.74 Å². The summed E-state index contributed by atoms with van der Waals surface area (Å²) >= 11 is 0. The van der Waals surface area contributed by atoms with Gasteiger partial charge in [-0.3, -0.25) is 4.99 Å². The number of esters is 1. The van der Waals surface area contributed by atoms with Crippen molar-refractivity contribution in [3.8, 4) is 0 Å². The van der Waals surface area contributed by atoms with Crippen molar-refractivity contribution in [2.24, 2.45) is 4.99 Å². The number of rotatable bonds is 5. The third kappa shape index (κ3) is 4.13. The fraction of sp³-hybridized carbons (Fsp3) is 0.300. The number of carbonyl (C=O) groups is 1. The van der Waals surface area contributed by atoms with Crippen molar-refractivity contribution in [3.05, 3.63) is 60.4 Å². The maximum Gasteiger partial charge on any atom is 0.341 e. The minimum Gasteiger partial charge on any atom is -0.462 e. The van der Waals surface area contributed by atoms with E-state index in [1.54, 1.807) is 14.0 Å². The van der Waals surface area contributed by atoms with Crippen LogP contribution in [0.2, 0.25) is 0 Å². The van der Waals surface area contributed by atoms with E-state index in [-0.39, 0.29) is 0 Å². The van der Waals surface area contributed by atoms with E-state index in [0.29, 0.717) is 24.7 Å². The molecule has 2 aromatic rings. The van der Waals surface area contributed by atoms with Crippen LogP contribution in [0.3, 0.4) is 0 Å². The van der Waals surface area contributed by atoms with Crippen molar-refractivity contribution in [2.75, 3.05) is 38.2 Å². The summed E-state index contributed by atoms with van der Waals surface area (Å²) in [4.78, 5) is 29.0. The smallest absolute Gasteiger partial charge is 0.341 e. The highest BCUT2D eigenvalue weighted by Crippen LogP contribution is 2.22. The normalized spacial score (nSPS) is 15.7. The van der Waals surface area contributed by atoms with Crippen LogP contribution in [0.4, 0.5) is 5.95 Å². The Hall–Kier alpha value is -3.22. The zero-order valence-corrected chi connectivity index (χ0v) is 15.6. The van der Waals surface area contributed by atoms with Crippen molar-refractivity contribution in [2.45, 2.75) is 6.92 Å². The number of benzene rings is 1. The standard InChI is InChI=1S/C20H23N5O2/c1-4-27-19(26)17-12-22-20(23-13-17)24-10-11-25(18(14-24)21-3)15(2)16-8-6-5-7-9-16/h5-9,12-13H,2,4,10-11,14H2,1,3H3. The molecule has 3 rings (SSSR count). The molecule has 1 fully saturated rings. The van der Waals surface area contributed by atoms with E-state index in [2.05, 4.69) is 26.4 Å². The van der Waals surface area contributed by atoms with Crippen LogP contribution < -0.4 is 4.90 Å². The topological polar surface area (TPSA) is 70.9 Å². The van der Waals surface area contributed by atoms with Gasteiger partial charge in [-0.1, -0.05) is 36.9 Å². The Labute approximate surface area is 159 Å². The van der Waals surface area contributed by atoms with Crippen molar-refractivity contribution < 1.29 is 9.53 Å². The number of aliphatic imine (C=N–C) groups is 1. The van der Waals surface area contributed by atoms with E-state index >= 15 is 0 Å². The summed E-state index contributed by atoms with van der Waals surface area (Å²) in [7, 11) is 1.77. The molecule has 1 aromatic carbocycles. The fourth-order valence-corrected chi connectivity index (χ4v) is 2.93. The number of amidine groups is 1. The summed E-state index contributed by atoms with van der Waals surface area (Å²) < 4.78 is 4.96. The number of carbonyl (C=O) groups excluding carboxylic acids is 1. The van der Waals surface area contributed by atoms with Gasteiger partial charge >= 0.3 is 5.97 Å². The number of hydrogen-bond donors (Lipinski definition) is 0. The largest absolute Gasteiger partial charge is 0.462 e. The van der Waals surface area contributed by atoms with Crippen LogP contribution in [0, 0.1) is 0 Å². The van der Waals surface area contributed by atoms with Crippen molar-refractivity contribution in [1.29, 1.82) is 0 Å². The molecule has 0 spiro atoms. The van der Waals surface area contributed by atoms with Gasteiger partial charge in [-0.2, -0.15) is 0 Å². The Kier molecular flexibility index (Phi) is 5.80. The maximum absolute atomic E-state index is 11.7. The van der Waals surface area contributed by atoms with Crippen molar-refractivity contribution >= 4 is 23.5 Å². The summed E-state index contributed by atoms with van der Waals surface area (Å²) in [5, 5.41) is 0. The summed E-state index contributed by atoms with van der Waals surface area (Å²) in [5.41, 5.74) is 2.35. The highest BCUT2D eigenvalue weighted by Gasteiger charge is 2.26. The van der Waals surface area contributed by atoms with E-state index in [4.69, 9.17) is 4.74 Å². The second-order valence-corrected chi connectivity index (χ2v) is 6.02. The van der Waals surface area contributed by atoms with Crippen LogP contribution >= 0.6 is 0 Å². The Morgan fingerprint density at radius 3 is 2.52 bits per heavy atom. The zero-order chi connectivity index (χ0) is 19.2. The first-order chi connectivity index (χ1) is 13.1. The molecule has 1 aromatic heterocycles. The molecule has 0 radical (unpaired) electrons. The first-order valence-corrected chi connectivity index (χ1v) is 8.85. The summed E-state index contributed by atoms with van der Waals surface area (Å²) in [6, 6.07) is 10.1. The molecule has 27 heavy (non-hydrogen) atoms. The number of anilines is 1. The van der Waals surface area contributed by atoms with Gasteiger partial charge in [0.25, 0.3) is 0 Å². The maximum atomic E-state index is 11.7. The van der Waals surface area contributed by atoms with Gasteiger partial charge in [0.05, 0.1) is 18.7 Å². The lowest BCUT2D eigenvalue weighted by atomic mass is 10.1. The fourth-order valence-electron chi connectivity index (χ4n) is 2.93. The SMILES string of the molecule is C=C(c1ccccc1)N1CCN(c2ncc(C(=O)OCC)cn2)CC1=NC. The van der Waals surface area contributed by atoms with Crippen LogP contribution in [0.1, 0.15) is 22.8 Å². The molecule has 0 bridgehead atoms. The highest BCUT2D eigenvalue weighted by atomic mass is 16.5. The quantitative estimate of drug-likeness (QED) is 0.758. The Balaban J connectivity index is 1.71. The molecular weight excluding hydrogens is 342 g/mol. The van der Waals surface area contributed by atoms with Crippen LogP contribution in [0.5, 0.6) is 0 Å². The van der Waals surface area contributed by atoms with E-state index in [1.807, 2.05) is 35.2 Å². The van der Waals surface area contributed by atoms with Gasteiger partial charge in [-0.25, -0.2) is 14.8 Å². The molecular formula is C20H23N5O2. The lowest BCUT2D eigenvalue weighted by Gasteiger charge is -2.38. The van der Waals surface area contributed by atoms with Gasteiger partial charge in [0.2, 0.25) is 5.95 Å². The minimum atomic E-state index is -0.413. The van der Waals surface area contributed by atoms with Crippen LogP contribution in [-0.4, -0.2) is 60.0 Å². The average molecular weight is 365 g/mol. The molecule has 140 valence electrons. The molecule has 0 saturated carbocycles. The molecule has 7 heteroatoms. The van der Waals surface area contributed by atoms with Gasteiger partial charge in [-0.05, 0) is 12.5 Å². The summed E-state index contributed by atoms with van der Waals surface area (Å²) in [6.07, 6.45) is 3.00. The molecule has 1 aliphatic heterocycles. The molecule has 0 unspecified atom stereocenters. The minimum absolute atomic E-state index is 0.324. The number of nitrogens with zero attached hydrogens (tertiary/aromatic N) is 5. The summed E-state index contributed by atoms with van der Waals surface area (Å²) in [6.45, 7) is 8.35. The third-order valence-corrected chi connectivity index (χ3v) is 4.36. The van der Waals surface area contributed by atoms with Crippen LogP contribution in [0.15, 0.2) is 54.3 Å². The number of piperazine rings is 1. The molecule has 1 saturated heterocycles. The number of ether oxygens (including phenoxy) is 1. The monoisotopic (exact) mass is 365 g/mol. The van der Waals surface area contributed by atoms with Crippen molar-refractivity contribution in [1.82, 2.24) is 14.9 Å². The van der Waals surface area contributed by atoms with Gasteiger partial charge in [0, 0.05) is 38.2 Å². The van der Waals surface area contributed by atoms with Gasteiger partial charge in [0.15, 0.2) is 0 Å². The Bertz CT molecular complexity index is 833. The lowest BCUT2D eigenvalue weighted by Crippen LogP contribution is -2.50.